The third kappa shape index (κ3) is 6.21. The molecule has 4 N–H and O–H groups in total. The summed E-state index contributed by atoms with van der Waals surface area (Å²) in [7, 11) is 3.91. The molecule has 3 heterocycles. The maximum Gasteiger partial charge on any atom is 0.252 e. The molecule has 11 nitrogen and oxygen atoms in total. The average Bonchev–Trinajstić information content (AvgIpc) is 3.58. The van der Waals surface area contributed by atoms with Gasteiger partial charge in [-0.1, -0.05) is 24.3 Å². The molecule has 2 amide bonds. The molecule has 1 aliphatic heterocycles. The maximum absolute atomic E-state index is 12.6. The number of pyridine rings is 1. The van der Waals surface area contributed by atoms with Gasteiger partial charge in [-0.05, 0) is 50.8 Å². The first-order chi connectivity index (χ1) is 19.4. The predicted octanol–water partition coefficient (Wildman–Crippen LogP) is 3.77. The van der Waals surface area contributed by atoms with Crippen LogP contribution in [0.1, 0.15) is 16.8 Å². The number of likely N-dealkylation sites (tertiary alicyclic amines) is 1. The number of carbonyl (C=O) groups excluding carboxylic acids is 2. The lowest BCUT2D eigenvalue weighted by Crippen LogP contribution is -2.30. The van der Waals surface area contributed by atoms with Crippen LogP contribution in [-0.2, 0) is 4.79 Å². The van der Waals surface area contributed by atoms with Gasteiger partial charge in [0.25, 0.3) is 5.91 Å². The number of nitrogens with zero attached hydrogens (tertiary/aromatic N) is 4. The molecule has 11 heteroatoms. The Hall–Kier alpha value is -4.90. The van der Waals surface area contributed by atoms with Gasteiger partial charge >= 0.3 is 0 Å². The van der Waals surface area contributed by atoms with Gasteiger partial charge < -0.3 is 30.3 Å². The van der Waals surface area contributed by atoms with Gasteiger partial charge in [0.1, 0.15) is 28.4 Å². The van der Waals surface area contributed by atoms with Crippen LogP contribution >= 0.6 is 0 Å². The second kappa shape index (κ2) is 11.9. The monoisotopic (exact) mass is 541 g/mol. The zero-order chi connectivity index (χ0) is 28.1. The minimum Gasteiger partial charge on any atom is -0.457 e. The molecule has 0 aliphatic carbocycles. The van der Waals surface area contributed by atoms with E-state index in [1.807, 2.05) is 60.3 Å². The van der Waals surface area contributed by atoms with E-state index in [1.54, 1.807) is 36.5 Å². The Kier molecular flexibility index (Phi) is 7.92. The minimum atomic E-state index is -0.653. The first kappa shape index (κ1) is 26.7. The van der Waals surface area contributed by atoms with Crippen molar-refractivity contribution in [3.63, 3.8) is 0 Å². The van der Waals surface area contributed by atoms with Crippen LogP contribution in [0.25, 0.3) is 11.0 Å². The molecule has 40 heavy (non-hydrogen) atoms. The molecule has 4 aromatic rings. The molecule has 1 fully saturated rings. The number of ether oxygens (including phenoxy) is 2. The summed E-state index contributed by atoms with van der Waals surface area (Å²) in [6.45, 7) is 1.90. The Balaban J connectivity index is 1.33. The third-order valence-electron chi connectivity index (χ3n) is 6.41. The van der Waals surface area contributed by atoms with Crippen LogP contribution in [0, 0.1) is 0 Å². The number of nitrogens with one attached hydrogen (secondary N) is 2. The smallest absolute Gasteiger partial charge is 0.252 e. The zero-order valence-electron chi connectivity index (χ0n) is 22.3. The van der Waals surface area contributed by atoms with Gasteiger partial charge in [-0.3, -0.25) is 14.7 Å². The predicted molar refractivity (Wildman–Crippen MR) is 152 cm³/mol. The second-order valence-corrected chi connectivity index (χ2v) is 9.72. The highest BCUT2D eigenvalue weighted by Crippen LogP contribution is 2.36. The number of nitrogens with two attached hydrogens (primary N) is 1. The van der Waals surface area contributed by atoms with Crippen molar-refractivity contribution in [2.24, 2.45) is 5.73 Å². The van der Waals surface area contributed by atoms with Gasteiger partial charge in [0.05, 0.1) is 5.56 Å². The van der Waals surface area contributed by atoms with Gasteiger partial charge in [0.15, 0.2) is 11.5 Å². The van der Waals surface area contributed by atoms with Gasteiger partial charge in [-0.2, -0.15) is 5.10 Å². The minimum absolute atomic E-state index is 0.00125. The highest BCUT2D eigenvalue weighted by atomic mass is 16.5. The zero-order valence-corrected chi connectivity index (χ0v) is 22.3. The van der Waals surface area contributed by atoms with Crippen LogP contribution in [0.15, 0.2) is 72.9 Å². The SMILES string of the molecule is CN(C)CC=CC(=O)N1CC[C@@H](Nc2n[nH]c3nccc(Oc4ccc(Oc5ccccc5)cc4C(N)=O)c23)C1. The Morgan fingerprint density at radius 3 is 2.73 bits per heavy atom. The fraction of sp³-hybridized carbons (Fsp3) is 0.241. The number of rotatable bonds is 10. The van der Waals surface area contributed by atoms with Crippen LogP contribution in [0.4, 0.5) is 5.82 Å². The highest BCUT2D eigenvalue weighted by Gasteiger charge is 2.27. The Bertz CT molecular complexity index is 1530. The largest absolute Gasteiger partial charge is 0.457 e. The van der Waals surface area contributed by atoms with E-state index in [2.05, 4.69) is 20.5 Å². The van der Waals surface area contributed by atoms with Crippen molar-refractivity contribution in [3.05, 3.63) is 78.5 Å². The van der Waals surface area contributed by atoms with Crippen LogP contribution in [0.3, 0.4) is 0 Å². The van der Waals surface area contributed by atoms with Crippen molar-refractivity contribution in [2.75, 3.05) is 39.0 Å². The van der Waals surface area contributed by atoms with E-state index in [-0.39, 0.29) is 23.3 Å². The molecule has 0 spiro atoms. The van der Waals surface area contributed by atoms with Crippen LogP contribution in [0.2, 0.25) is 0 Å². The van der Waals surface area contributed by atoms with E-state index < -0.39 is 5.91 Å². The van der Waals surface area contributed by atoms with Gasteiger partial charge in [0.2, 0.25) is 5.91 Å². The first-order valence-corrected chi connectivity index (χ1v) is 12.9. The molecule has 0 saturated carbocycles. The number of likely N-dealkylation sites (N-methyl/N-ethyl adjacent to an activating group) is 1. The van der Waals surface area contributed by atoms with Crippen molar-refractivity contribution in [1.29, 1.82) is 0 Å². The molecule has 1 saturated heterocycles. The fourth-order valence-corrected chi connectivity index (χ4v) is 4.45. The molecule has 0 unspecified atom stereocenters. The highest BCUT2D eigenvalue weighted by molar-refractivity contribution is 5.97. The van der Waals surface area contributed by atoms with E-state index in [9.17, 15) is 9.59 Å². The standard InChI is InChI=1S/C29H31N7O4/c1-35(2)15-6-9-25(37)36-16-13-19(18-36)32-29-26-24(12-14-31-28(26)33-34-29)40-23-11-10-21(17-22(23)27(30)38)39-20-7-4-3-5-8-20/h3-12,14,17,19H,13,15-16,18H2,1-2H3,(H2,30,38)(H2,31,32,33,34)/t19-/m1/s1. The summed E-state index contributed by atoms with van der Waals surface area (Å²) in [6.07, 6.45) is 5.84. The summed E-state index contributed by atoms with van der Waals surface area (Å²) in [5.74, 6) is 1.68. The lowest BCUT2D eigenvalue weighted by Gasteiger charge is -2.16. The fourth-order valence-electron chi connectivity index (χ4n) is 4.45. The molecule has 5 rings (SSSR count). The molecule has 0 radical (unpaired) electrons. The summed E-state index contributed by atoms with van der Waals surface area (Å²) in [6, 6.07) is 15.8. The molecular formula is C29H31N7O4. The molecule has 2 aromatic carbocycles. The Morgan fingerprint density at radius 1 is 1.12 bits per heavy atom. The number of fused-ring (bicyclic) bond motifs is 1. The Labute approximate surface area is 231 Å². The summed E-state index contributed by atoms with van der Waals surface area (Å²) in [5.41, 5.74) is 6.37. The number of para-hydroxylation sites is 1. The van der Waals surface area contributed by atoms with E-state index in [4.69, 9.17) is 15.2 Å². The normalized spacial score (nSPS) is 15.2. The molecule has 206 valence electrons. The number of H-pyrrole nitrogens is 1. The van der Waals surface area contributed by atoms with Crippen LogP contribution in [0.5, 0.6) is 23.0 Å². The molecule has 0 bridgehead atoms. The number of carbonyl (C=O) groups is 2. The number of benzene rings is 2. The van der Waals surface area contributed by atoms with Gasteiger partial charge in [-0.25, -0.2) is 4.98 Å². The summed E-state index contributed by atoms with van der Waals surface area (Å²) < 4.78 is 12.1. The van der Waals surface area contributed by atoms with Crippen molar-refractivity contribution in [1.82, 2.24) is 25.0 Å². The number of amides is 2. The summed E-state index contributed by atoms with van der Waals surface area (Å²) in [5, 5.41) is 11.4. The molecule has 1 aliphatic rings. The summed E-state index contributed by atoms with van der Waals surface area (Å²) in [4.78, 5) is 33.0. The van der Waals surface area contributed by atoms with Crippen molar-refractivity contribution < 1.29 is 19.1 Å². The number of hydrogen-bond donors (Lipinski definition) is 3. The summed E-state index contributed by atoms with van der Waals surface area (Å²) >= 11 is 0. The molecule has 1 atom stereocenters. The third-order valence-corrected chi connectivity index (χ3v) is 6.41. The van der Waals surface area contributed by atoms with Crippen molar-refractivity contribution in [2.45, 2.75) is 12.5 Å². The van der Waals surface area contributed by atoms with Crippen molar-refractivity contribution in [3.8, 4) is 23.0 Å². The first-order valence-electron chi connectivity index (χ1n) is 12.9. The van der Waals surface area contributed by atoms with Crippen LogP contribution < -0.4 is 20.5 Å². The maximum atomic E-state index is 12.6. The van der Waals surface area contributed by atoms with E-state index in [1.165, 1.54) is 0 Å². The lowest BCUT2D eigenvalue weighted by molar-refractivity contribution is -0.125. The lowest BCUT2D eigenvalue weighted by atomic mass is 10.1. The average molecular weight is 542 g/mol. The van der Waals surface area contributed by atoms with E-state index in [0.29, 0.717) is 53.7 Å². The van der Waals surface area contributed by atoms with E-state index in [0.717, 1.165) is 6.42 Å². The number of primary amides is 1. The number of aromatic amines is 1. The molecule has 2 aromatic heterocycles. The quantitative estimate of drug-likeness (QED) is 0.258. The number of aromatic nitrogens is 3. The Morgan fingerprint density at radius 2 is 1.95 bits per heavy atom. The van der Waals surface area contributed by atoms with Crippen LogP contribution in [-0.4, -0.2) is 76.6 Å². The number of hydrogen-bond acceptors (Lipinski definition) is 8. The van der Waals surface area contributed by atoms with E-state index >= 15 is 0 Å². The van der Waals surface area contributed by atoms with Crippen molar-refractivity contribution >= 4 is 28.7 Å². The van der Waals surface area contributed by atoms with Gasteiger partial charge in [0, 0.05) is 44.0 Å². The topological polar surface area (TPSA) is 139 Å². The number of anilines is 1. The second-order valence-electron chi connectivity index (χ2n) is 9.72. The van der Waals surface area contributed by atoms with Gasteiger partial charge in [-0.15, -0.1) is 0 Å². The molecular weight excluding hydrogens is 510 g/mol.